The van der Waals surface area contributed by atoms with E-state index in [1.54, 1.807) is 4.68 Å². The largest absolute Gasteiger partial charge is 0.312 e. The summed E-state index contributed by atoms with van der Waals surface area (Å²) in [6.45, 7) is 3.30. The Bertz CT molecular complexity index is 439. The van der Waals surface area contributed by atoms with E-state index in [2.05, 4.69) is 15.3 Å². The van der Waals surface area contributed by atoms with Crippen molar-refractivity contribution in [3.8, 4) is 0 Å². The second kappa shape index (κ2) is 5.42. The van der Waals surface area contributed by atoms with Crippen LogP contribution < -0.4 is 10.9 Å². The fourth-order valence-corrected chi connectivity index (χ4v) is 2.10. The summed E-state index contributed by atoms with van der Waals surface area (Å²) in [6.07, 6.45) is 3.72. The molecule has 5 heteroatoms. The van der Waals surface area contributed by atoms with Crippen molar-refractivity contribution < 1.29 is 0 Å². The Morgan fingerprint density at radius 1 is 1.53 bits per heavy atom. The second-order valence-electron chi connectivity index (χ2n) is 4.76. The number of hydrogen-bond acceptors (Lipinski definition) is 4. The van der Waals surface area contributed by atoms with Crippen LogP contribution in [-0.2, 0) is 19.5 Å². The zero-order valence-corrected chi connectivity index (χ0v) is 10.6. The number of aryl methyl sites for hydroxylation is 1. The van der Waals surface area contributed by atoms with Crippen LogP contribution in [0.5, 0.6) is 0 Å². The first-order valence-corrected chi connectivity index (χ1v) is 6.12. The van der Waals surface area contributed by atoms with Crippen LogP contribution in [0.3, 0.4) is 0 Å². The predicted molar refractivity (Wildman–Crippen MR) is 67.1 cm³/mol. The Kier molecular flexibility index (Phi) is 3.91. The number of nitrogens with zero attached hydrogens (tertiary/aromatic N) is 3. The highest BCUT2D eigenvalue weighted by molar-refractivity contribution is 5.23. The highest BCUT2D eigenvalue weighted by atomic mass is 16.1. The van der Waals surface area contributed by atoms with E-state index in [0.717, 1.165) is 37.1 Å². The lowest BCUT2D eigenvalue weighted by atomic mass is 10.1. The number of aromatic nitrogens is 2. The molecule has 94 valence electrons. The molecule has 1 aliphatic rings. The summed E-state index contributed by atoms with van der Waals surface area (Å²) >= 11 is 0. The zero-order valence-electron chi connectivity index (χ0n) is 10.6. The van der Waals surface area contributed by atoms with E-state index >= 15 is 0 Å². The third-order valence-electron chi connectivity index (χ3n) is 3.08. The summed E-state index contributed by atoms with van der Waals surface area (Å²) in [5, 5.41) is 7.48. The lowest BCUT2D eigenvalue weighted by molar-refractivity contribution is 0.376. The van der Waals surface area contributed by atoms with Gasteiger partial charge < -0.3 is 10.2 Å². The summed E-state index contributed by atoms with van der Waals surface area (Å²) in [6, 6.07) is 0. The summed E-state index contributed by atoms with van der Waals surface area (Å²) in [5.41, 5.74) is 2.09. The molecule has 1 aromatic heterocycles. The summed E-state index contributed by atoms with van der Waals surface area (Å²) < 4.78 is 1.59. The van der Waals surface area contributed by atoms with Gasteiger partial charge in [-0.15, -0.1) is 0 Å². The van der Waals surface area contributed by atoms with Crippen molar-refractivity contribution in [2.75, 3.05) is 27.2 Å². The molecule has 0 unspecified atom stereocenters. The van der Waals surface area contributed by atoms with Gasteiger partial charge in [-0.25, -0.2) is 4.68 Å². The van der Waals surface area contributed by atoms with Crippen LogP contribution in [0.4, 0.5) is 0 Å². The number of fused-ring (bicyclic) bond motifs is 1. The first kappa shape index (κ1) is 12.3. The first-order valence-electron chi connectivity index (χ1n) is 6.12. The maximum Gasteiger partial charge on any atom is 0.271 e. The molecule has 0 aliphatic carbocycles. The normalized spacial score (nSPS) is 15.0. The molecule has 2 rings (SSSR count). The SMILES string of the molecule is CN(C)CCCn1ncc2c(c1=O)CNCC2. The van der Waals surface area contributed by atoms with Crippen LogP contribution in [0.1, 0.15) is 17.5 Å². The Morgan fingerprint density at radius 2 is 2.35 bits per heavy atom. The van der Waals surface area contributed by atoms with Gasteiger partial charge in [0.15, 0.2) is 0 Å². The van der Waals surface area contributed by atoms with Gasteiger partial charge in [0.05, 0.1) is 6.20 Å². The smallest absolute Gasteiger partial charge is 0.271 e. The maximum atomic E-state index is 12.1. The van der Waals surface area contributed by atoms with E-state index in [0.29, 0.717) is 13.1 Å². The third kappa shape index (κ3) is 2.92. The molecule has 0 saturated carbocycles. The minimum absolute atomic E-state index is 0.0773. The molecule has 0 amide bonds. The van der Waals surface area contributed by atoms with E-state index in [1.165, 1.54) is 0 Å². The molecule has 5 nitrogen and oxygen atoms in total. The minimum Gasteiger partial charge on any atom is -0.312 e. The second-order valence-corrected chi connectivity index (χ2v) is 4.76. The molecule has 0 fully saturated rings. The van der Waals surface area contributed by atoms with Gasteiger partial charge >= 0.3 is 0 Å². The van der Waals surface area contributed by atoms with Gasteiger partial charge in [-0.05, 0) is 45.6 Å². The van der Waals surface area contributed by atoms with Crippen molar-refractivity contribution in [1.29, 1.82) is 0 Å². The number of rotatable bonds is 4. The zero-order chi connectivity index (χ0) is 12.3. The molecule has 2 heterocycles. The topological polar surface area (TPSA) is 50.2 Å². The molecule has 1 aromatic rings. The summed E-state index contributed by atoms with van der Waals surface area (Å²) in [5.74, 6) is 0. The van der Waals surface area contributed by atoms with Gasteiger partial charge in [0.2, 0.25) is 0 Å². The molecule has 1 aliphatic heterocycles. The average Bonchev–Trinajstić information content (AvgIpc) is 2.32. The van der Waals surface area contributed by atoms with Gasteiger partial charge in [0, 0.05) is 18.7 Å². The van der Waals surface area contributed by atoms with Crippen LogP contribution >= 0.6 is 0 Å². The fourth-order valence-electron chi connectivity index (χ4n) is 2.10. The molecular weight excluding hydrogens is 216 g/mol. The number of nitrogens with one attached hydrogen (secondary N) is 1. The lowest BCUT2D eigenvalue weighted by Gasteiger charge is -2.17. The monoisotopic (exact) mass is 236 g/mol. The molecule has 0 aromatic carbocycles. The van der Waals surface area contributed by atoms with Crippen molar-refractivity contribution in [2.24, 2.45) is 0 Å². The van der Waals surface area contributed by atoms with E-state index in [-0.39, 0.29) is 5.56 Å². The standard InChI is InChI=1S/C12H20N4O/c1-15(2)6-3-7-16-12(17)11-9-13-5-4-10(11)8-14-16/h8,13H,3-7,9H2,1-2H3. The predicted octanol–water partition coefficient (Wildman–Crippen LogP) is -0.159. The van der Waals surface area contributed by atoms with Crippen LogP contribution in [0.2, 0.25) is 0 Å². The van der Waals surface area contributed by atoms with E-state index in [9.17, 15) is 4.79 Å². The van der Waals surface area contributed by atoms with Gasteiger partial charge in [-0.3, -0.25) is 4.79 Å². The Hall–Kier alpha value is -1.20. The van der Waals surface area contributed by atoms with Gasteiger partial charge in [0.1, 0.15) is 0 Å². The first-order chi connectivity index (χ1) is 8.18. The van der Waals surface area contributed by atoms with Crippen LogP contribution in [0, 0.1) is 0 Å². The van der Waals surface area contributed by atoms with Crippen LogP contribution in [-0.4, -0.2) is 41.9 Å². The quantitative estimate of drug-likeness (QED) is 0.789. The van der Waals surface area contributed by atoms with E-state index in [4.69, 9.17) is 0 Å². The minimum atomic E-state index is 0.0773. The average molecular weight is 236 g/mol. The van der Waals surface area contributed by atoms with E-state index in [1.807, 2.05) is 20.3 Å². The van der Waals surface area contributed by atoms with Crippen LogP contribution in [0.15, 0.2) is 11.0 Å². The van der Waals surface area contributed by atoms with Gasteiger partial charge in [-0.1, -0.05) is 0 Å². The van der Waals surface area contributed by atoms with Gasteiger partial charge in [-0.2, -0.15) is 5.10 Å². The summed E-state index contributed by atoms with van der Waals surface area (Å²) in [7, 11) is 4.07. The fraction of sp³-hybridized carbons (Fsp3) is 0.667. The van der Waals surface area contributed by atoms with Crippen molar-refractivity contribution >= 4 is 0 Å². The van der Waals surface area contributed by atoms with Crippen molar-refractivity contribution in [1.82, 2.24) is 20.0 Å². The maximum absolute atomic E-state index is 12.1. The molecule has 0 bridgehead atoms. The molecule has 0 atom stereocenters. The molecule has 1 N–H and O–H groups in total. The molecule has 17 heavy (non-hydrogen) atoms. The van der Waals surface area contributed by atoms with Crippen LogP contribution in [0.25, 0.3) is 0 Å². The Balaban J connectivity index is 2.11. The van der Waals surface area contributed by atoms with Crippen molar-refractivity contribution in [3.63, 3.8) is 0 Å². The van der Waals surface area contributed by atoms with Crippen molar-refractivity contribution in [2.45, 2.75) is 25.9 Å². The Morgan fingerprint density at radius 3 is 3.12 bits per heavy atom. The third-order valence-corrected chi connectivity index (χ3v) is 3.08. The Labute approximate surface area is 101 Å². The highest BCUT2D eigenvalue weighted by Gasteiger charge is 2.14. The molecular formula is C12H20N4O. The molecule has 0 saturated heterocycles. The molecule has 0 radical (unpaired) electrons. The summed E-state index contributed by atoms with van der Waals surface area (Å²) in [4.78, 5) is 14.3. The van der Waals surface area contributed by atoms with E-state index < -0.39 is 0 Å². The molecule has 0 spiro atoms. The highest BCUT2D eigenvalue weighted by Crippen LogP contribution is 2.07. The lowest BCUT2D eigenvalue weighted by Crippen LogP contribution is -2.35. The van der Waals surface area contributed by atoms with Crippen molar-refractivity contribution in [3.05, 3.63) is 27.7 Å². The van der Waals surface area contributed by atoms with Gasteiger partial charge in [0.25, 0.3) is 5.56 Å². The number of hydrogen-bond donors (Lipinski definition) is 1.